The van der Waals surface area contributed by atoms with Crippen LogP contribution >= 0.6 is 0 Å². The second-order valence-corrected chi connectivity index (χ2v) is 6.47. The molecule has 0 bridgehead atoms. The number of rotatable bonds is 8. The lowest BCUT2D eigenvalue weighted by Crippen LogP contribution is -2.23. The summed E-state index contributed by atoms with van der Waals surface area (Å²) in [5, 5.41) is 13.1. The number of nitro groups is 1. The Hall–Kier alpha value is -3.42. The SMILES string of the molecule is Cc1cc(OCC(=O)OCC(=O)Nc2ccc([N+](=O)[O-])cc2)ccc1C(C)C. The zero-order valence-corrected chi connectivity index (χ0v) is 15.9. The number of hydrogen-bond acceptors (Lipinski definition) is 6. The molecule has 0 saturated carbocycles. The lowest BCUT2D eigenvalue weighted by Gasteiger charge is -2.12. The maximum atomic E-state index is 11.8. The number of non-ortho nitro benzene ring substituents is 1. The van der Waals surface area contributed by atoms with Gasteiger partial charge in [-0.3, -0.25) is 14.9 Å². The molecule has 0 spiro atoms. The molecule has 28 heavy (non-hydrogen) atoms. The van der Waals surface area contributed by atoms with Crippen LogP contribution in [0, 0.1) is 17.0 Å². The smallest absolute Gasteiger partial charge is 0.344 e. The van der Waals surface area contributed by atoms with Gasteiger partial charge in [0.25, 0.3) is 11.6 Å². The van der Waals surface area contributed by atoms with Crippen LogP contribution in [-0.2, 0) is 14.3 Å². The topological polar surface area (TPSA) is 108 Å². The first kappa shape index (κ1) is 20.9. The molecule has 2 aromatic rings. The summed E-state index contributed by atoms with van der Waals surface area (Å²) in [6.45, 7) is 5.38. The van der Waals surface area contributed by atoms with Crippen LogP contribution in [0.25, 0.3) is 0 Å². The van der Waals surface area contributed by atoms with Crippen molar-refractivity contribution in [2.45, 2.75) is 26.7 Å². The molecule has 0 unspecified atom stereocenters. The second-order valence-electron chi connectivity index (χ2n) is 6.47. The minimum absolute atomic E-state index is 0.0850. The Kier molecular flexibility index (Phi) is 7.08. The monoisotopic (exact) mass is 386 g/mol. The number of amides is 1. The molecule has 0 heterocycles. The molecule has 0 aromatic heterocycles. The Labute approximate surface area is 162 Å². The first-order valence-corrected chi connectivity index (χ1v) is 8.69. The van der Waals surface area contributed by atoms with E-state index >= 15 is 0 Å². The highest BCUT2D eigenvalue weighted by Gasteiger charge is 2.11. The minimum atomic E-state index is -0.676. The van der Waals surface area contributed by atoms with Gasteiger partial charge in [-0.15, -0.1) is 0 Å². The lowest BCUT2D eigenvalue weighted by molar-refractivity contribution is -0.384. The van der Waals surface area contributed by atoms with Crippen LogP contribution in [0.5, 0.6) is 5.75 Å². The Balaban J connectivity index is 1.76. The molecular formula is C20H22N2O6. The van der Waals surface area contributed by atoms with Crippen LogP contribution in [-0.4, -0.2) is 30.0 Å². The van der Waals surface area contributed by atoms with E-state index in [2.05, 4.69) is 19.2 Å². The number of aryl methyl sites for hydroxylation is 1. The van der Waals surface area contributed by atoms with Crippen LogP contribution in [0.4, 0.5) is 11.4 Å². The Morgan fingerprint density at radius 1 is 1.11 bits per heavy atom. The molecule has 8 heteroatoms. The van der Waals surface area contributed by atoms with Gasteiger partial charge in [-0.1, -0.05) is 19.9 Å². The van der Waals surface area contributed by atoms with Crippen molar-refractivity contribution in [2.75, 3.05) is 18.5 Å². The Morgan fingerprint density at radius 3 is 2.36 bits per heavy atom. The van der Waals surface area contributed by atoms with Gasteiger partial charge in [0, 0.05) is 17.8 Å². The standard InChI is InChI=1S/C20H22N2O6/c1-13(2)18-9-8-17(10-14(18)3)27-12-20(24)28-11-19(23)21-15-4-6-16(7-5-15)22(25)26/h4-10,13H,11-12H2,1-3H3,(H,21,23). The fraction of sp³-hybridized carbons (Fsp3) is 0.300. The maximum absolute atomic E-state index is 11.8. The molecular weight excluding hydrogens is 364 g/mol. The molecule has 148 valence electrons. The summed E-state index contributed by atoms with van der Waals surface area (Å²) in [6.07, 6.45) is 0. The summed E-state index contributed by atoms with van der Waals surface area (Å²) in [5.41, 5.74) is 2.56. The van der Waals surface area contributed by atoms with Crippen LogP contribution in [0.1, 0.15) is 30.9 Å². The van der Waals surface area contributed by atoms with E-state index in [9.17, 15) is 19.7 Å². The molecule has 0 fully saturated rings. The van der Waals surface area contributed by atoms with Crippen molar-refractivity contribution < 1.29 is 24.0 Å². The highest BCUT2D eigenvalue weighted by atomic mass is 16.6. The molecule has 1 amide bonds. The summed E-state index contributed by atoms with van der Waals surface area (Å²) in [5.74, 6) is -0.286. The average molecular weight is 386 g/mol. The normalized spacial score (nSPS) is 10.4. The number of carbonyl (C=O) groups excluding carboxylic acids is 2. The molecule has 2 aromatic carbocycles. The summed E-state index contributed by atoms with van der Waals surface area (Å²) >= 11 is 0. The van der Waals surface area contributed by atoms with E-state index in [1.165, 1.54) is 29.8 Å². The number of nitrogens with zero attached hydrogens (tertiary/aromatic N) is 1. The first-order valence-electron chi connectivity index (χ1n) is 8.69. The van der Waals surface area contributed by atoms with E-state index in [4.69, 9.17) is 9.47 Å². The minimum Gasteiger partial charge on any atom is -0.482 e. The van der Waals surface area contributed by atoms with Crippen molar-refractivity contribution in [3.05, 3.63) is 63.7 Å². The third kappa shape index (κ3) is 6.08. The third-order valence-corrected chi connectivity index (χ3v) is 3.95. The van der Waals surface area contributed by atoms with Gasteiger partial charge in [0.05, 0.1) is 4.92 Å². The fourth-order valence-electron chi connectivity index (χ4n) is 2.58. The number of anilines is 1. The number of hydrogen-bond donors (Lipinski definition) is 1. The number of carbonyl (C=O) groups is 2. The molecule has 0 radical (unpaired) electrons. The summed E-state index contributed by atoms with van der Waals surface area (Å²) in [4.78, 5) is 33.6. The molecule has 0 aliphatic heterocycles. The molecule has 0 atom stereocenters. The van der Waals surface area contributed by atoms with E-state index in [1.807, 2.05) is 19.1 Å². The molecule has 2 rings (SSSR count). The number of benzene rings is 2. The quantitative estimate of drug-likeness (QED) is 0.422. The van der Waals surface area contributed by atoms with Crippen molar-refractivity contribution >= 4 is 23.3 Å². The summed E-state index contributed by atoms with van der Waals surface area (Å²) in [7, 11) is 0. The van der Waals surface area contributed by atoms with Crippen molar-refractivity contribution in [1.29, 1.82) is 0 Å². The van der Waals surface area contributed by atoms with Crippen molar-refractivity contribution in [2.24, 2.45) is 0 Å². The van der Waals surface area contributed by atoms with Crippen LogP contribution < -0.4 is 10.1 Å². The van der Waals surface area contributed by atoms with Gasteiger partial charge in [0.15, 0.2) is 13.2 Å². The van der Waals surface area contributed by atoms with Gasteiger partial charge in [0.2, 0.25) is 0 Å². The van der Waals surface area contributed by atoms with Crippen LogP contribution in [0.2, 0.25) is 0 Å². The van der Waals surface area contributed by atoms with Crippen LogP contribution in [0.15, 0.2) is 42.5 Å². The summed E-state index contributed by atoms with van der Waals surface area (Å²) < 4.78 is 10.3. The van der Waals surface area contributed by atoms with Gasteiger partial charge >= 0.3 is 5.97 Å². The average Bonchev–Trinajstić information content (AvgIpc) is 2.65. The Bertz CT molecular complexity index is 861. The molecule has 0 saturated heterocycles. The molecule has 1 N–H and O–H groups in total. The van der Waals surface area contributed by atoms with Crippen molar-refractivity contribution in [3.63, 3.8) is 0 Å². The van der Waals surface area contributed by atoms with E-state index in [1.54, 1.807) is 6.07 Å². The van der Waals surface area contributed by atoms with Gasteiger partial charge in [0.1, 0.15) is 5.75 Å². The van der Waals surface area contributed by atoms with Gasteiger partial charge in [-0.05, 0) is 48.2 Å². The zero-order chi connectivity index (χ0) is 20.7. The summed E-state index contributed by atoms with van der Waals surface area (Å²) in [6, 6.07) is 10.9. The van der Waals surface area contributed by atoms with E-state index in [-0.39, 0.29) is 12.3 Å². The molecule has 8 nitrogen and oxygen atoms in total. The predicted octanol–water partition coefficient (Wildman–Crippen LogP) is 3.59. The first-order chi connectivity index (χ1) is 13.3. The largest absolute Gasteiger partial charge is 0.482 e. The molecule has 0 aliphatic carbocycles. The number of nitrogens with one attached hydrogen (secondary N) is 1. The van der Waals surface area contributed by atoms with Crippen LogP contribution in [0.3, 0.4) is 0 Å². The number of nitro benzene ring substituents is 1. The highest BCUT2D eigenvalue weighted by Crippen LogP contribution is 2.23. The highest BCUT2D eigenvalue weighted by molar-refractivity contribution is 5.92. The number of esters is 1. The number of ether oxygens (including phenoxy) is 2. The fourth-order valence-corrected chi connectivity index (χ4v) is 2.58. The molecule has 0 aliphatic rings. The maximum Gasteiger partial charge on any atom is 0.344 e. The Morgan fingerprint density at radius 2 is 1.79 bits per heavy atom. The van der Waals surface area contributed by atoms with E-state index in [0.29, 0.717) is 17.4 Å². The third-order valence-electron chi connectivity index (χ3n) is 3.95. The predicted molar refractivity (Wildman–Crippen MR) is 103 cm³/mol. The van der Waals surface area contributed by atoms with Gasteiger partial charge < -0.3 is 14.8 Å². The second kappa shape index (κ2) is 9.50. The van der Waals surface area contributed by atoms with Gasteiger partial charge in [-0.25, -0.2) is 4.79 Å². The van der Waals surface area contributed by atoms with Crippen molar-refractivity contribution in [1.82, 2.24) is 0 Å². The van der Waals surface area contributed by atoms with Gasteiger partial charge in [-0.2, -0.15) is 0 Å². The van der Waals surface area contributed by atoms with E-state index in [0.717, 1.165) is 5.56 Å². The zero-order valence-electron chi connectivity index (χ0n) is 15.9. The van der Waals surface area contributed by atoms with Crippen molar-refractivity contribution in [3.8, 4) is 5.75 Å². The lowest BCUT2D eigenvalue weighted by atomic mass is 9.98. The van der Waals surface area contributed by atoms with E-state index < -0.39 is 23.4 Å².